The predicted molar refractivity (Wildman–Crippen MR) is 142 cm³/mol. The summed E-state index contributed by atoms with van der Waals surface area (Å²) in [5.41, 5.74) is 5.76. The lowest BCUT2D eigenvalue weighted by atomic mass is 9.97. The summed E-state index contributed by atoms with van der Waals surface area (Å²) in [6.45, 7) is 13.6. The van der Waals surface area contributed by atoms with E-state index in [1.54, 1.807) is 6.33 Å². The van der Waals surface area contributed by atoms with E-state index in [-0.39, 0.29) is 17.1 Å². The van der Waals surface area contributed by atoms with Crippen LogP contribution in [0, 0.1) is 6.92 Å². The van der Waals surface area contributed by atoms with Crippen molar-refractivity contribution in [3.05, 3.63) is 59.6 Å². The third-order valence-corrected chi connectivity index (χ3v) is 6.88. The van der Waals surface area contributed by atoms with Gasteiger partial charge in [-0.3, -0.25) is 4.79 Å². The minimum absolute atomic E-state index is 0.0429. The second-order valence-corrected chi connectivity index (χ2v) is 10.9. The lowest BCUT2D eigenvalue weighted by Gasteiger charge is -2.39. The zero-order valence-corrected chi connectivity index (χ0v) is 22.3. The number of nitrogens with zero attached hydrogens (tertiary/aromatic N) is 7. The first-order valence-corrected chi connectivity index (χ1v) is 12.6. The van der Waals surface area contributed by atoms with Crippen LogP contribution in [0.1, 0.15) is 55.3 Å². The molecule has 10 nitrogen and oxygen atoms in total. The van der Waals surface area contributed by atoms with E-state index in [1.165, 1.54) is 0 Å². The van der Waals surface area contributed by atoms with Gasteiger partial charge in [0.15, 0.2) is 0 Å². The first-order chi connectivity index (χ1) is 17.6. The molecule has 194 valence electrons. The fourth-order valence-corrected chi connectivity index (χ4v) is 4.74. The van der Waals surface area contributed by atoms with Crippen molar-refractivity contribution in [2.24, 2.45) is 0 Å². The molecule has 1 fully saturated rings. The fraction of sp³-hybridized carbons (Fsp3) is 0.444. The summed E-state index contributed by atoms with van der Waals surface area (Å²) in [4.78, 5) is 26.2. The second-order valence-electron chi connectivity index (χ2n) is 10.9. The van der Waals surface area contributed by atoms with E-state index in [1.807, 2.05) is 44.3 Å². The van der Waals surface area contributed by atoms with Crippen molar-refractivity contribution in [3.63, 3.8) is 0 Å². The number of aromatic nitrogens is 5. The molecule has 1 amide bonds. The zero-order chi connectivity index (χ0) is 26.3. The summed E-state index contributed by atoms with van der Waals surface area (Å²) < 4.78 is 7.14. The molecular formula is C27H34N8O2. The Kier molecular flexibility index (Phi) is 6.45. The van der Waals surface area contributed by atoms with Gasteiger partial charge in [-0.05, 0) is 44.2 Å². The van der Waals surface area contributed by atoms with Gasteiger partial charge in [-0.25, -0.2) is 9.50 Å². The summed E-state index contributed by atoms with van der Waals surface area (Å²) in [7, 11) is 2.17. The smallest absolute Gasteiger partial charge is 0.292 e. The summed E-state index contributed by atoms with van der Waals surface area (Å²) in [6, 6.07) is 8.76. The van der Waals surface area contributed by atoms with E-state index in [0.717, 1.165) is 53.2 Å². The molecule has 1 saturated heterocycles. The molecule has 5 rings (SSSR count). The number of amides is 1. The lowest BCUT2D eigenvalue weighted by molar-refractivity contribution is 0.0937. The van der Waals surface area contributed by atoms with Crippen LogP contribution >= 0.6 is 0 Å². The van der Waals surface area contributed by atoms with Crippen molar-refractivity contribution in [1.29, 1.82) is 0 Å². The summed E-state index contributed by atoms with van der Waals surface area (Å²) in [5, 5.41) is 11.2. The molecule has 1 N–H and O–H groups in total. The maximum Gasteiger partial charge on any atom is 0.292 e. The number of hydrogen-bond donors (Lipinski definition) is 1. The molecule has 4 aromatic rings. The maximum absolute atomic E-state index is 12.6. The summed E-state index contributed by atoms with van der Waals surface area (Å²) in [5.74, 6) is 0.116. The number of likely N-dealkylation sites (N-methyl/N-ethyl adjacent to an activating group) is 1. The highest BCUT2D eigenvalue weighted by Gasteiger charge is 2.25. The van der Waals surface area contributed by atoms with Crippen LogP contribution in [0.3, 0.4) is 0 Å². The van der Waals surface area contributed by atoms with Crippen molar-refractivity contribution < 1.29 is 9.32 Å². The molecule has 0 spiro atoms. The first-order valence-electron chi connectivity index (χ1n) is 12.6. The quantitative estimate of drug-likeness (QED) is 0.443. The highest BCUT2D eigenvalue weighted by atomic mass is 16.5. The van der Waals surface area contributed by atoms with Gasteiger partial charge in [0.1, 0.15) is 6.33 Å². The second kappa shape index (κ2) is 9.59. The number of hydrogen-bond acceptors (Lipinski definition) is 8. The molecule has 1 aliphatic heterocycles. The third kappa shape index (κ3) is 5.06. The van der Waals surface area contributed by atoms with Gasteiger partial charge in [0.25, 0.3) is 11.7 Å². The number of carbonyl (C=O) groups is 1. The van der Waals surface area contributed by atoms with E-state index >= 15 is 0 Å². The number of nitrogens with one attached hydrogen (secondary N) is 1. The average molecular weight is 503 g/mol. The van der Waals surface area contributed by atoms with Gasteiger partial charge >= 0.3 is 0 Å². The van der Waals surface area contributed by atoms with Crippen molar-refractivity contribution in [2.75, 3.05) is 31.6 Å². The highest BCUT2D eigenvalue weighted by molar-refractivity contribution is 5.90. The number of carbonyl (C=O) groups excluding carboxylic acids is 1. The van der Waals surface area contributed by atoms with Crippen LogP contribution in [0.5, 0.6) is 0 Å². The molecule has 4 heterocycles. The topological polar surface area (TPSA) is 105 Å². The van der Waals surface area contributed by atoms with Crippen molar-refractivity contribution >= 4 is 17.1 Å². The van der Waals surface area contributed by atoms with Crippen LogP contribution in [0.2, 0.25) is 0 Å². The Morgan fingerprint density at radius 3 is 2.73 bits per heavy atom. The molecule has 37 heavy (non-hydrogen) atoms. The molecule has 10 heteroatoms. The average Bonchev–Trinajstić information content (AvgIpc) is 3.50. The Bertz CT molecular complexity index is 1430. The number of fused-ring (bicyclic) bond motifs is 1. The minimum atomic E-state index is -0.362. The number of aryl methyl sites for hydroxylation is 1. The van der Waals surface area contributed by atoms with E-state index in [4.69, 9.17) is 4.52 Å². The van der Waals surface area contributed by atoms with Crippen molar-refractivity contribution in [2.45, 2.75) is 52.6 Å². The standard InChI is InChI=1S/C27H34N8O2/c1-17-11-19(7-8-20(17)13-28-25(36)24-31-26(37-32-24)27(3,4)5)23-22-12-21(15-35(22)30-16-29-23)34-10-9-33(6)14-18(34)2/h7-8,11-12,15-16,18H,9-10,13-14H2,1-6H3,(H,28,36)/t18-/m0/s1. The van der Waals surface area contributed by atoms with Crippen molar-refractivity contribution in [3.8, 4) is 11.3 Å². The molecule has 1 atom stereocenters. The maximum atomic E-state index is 12.6. The third-order valence-electron chi connectivity index (χ3n) is 6.88. The summed E-state index contributed by atoms with van der Waals surface area (Å²) >= 11 is 0. The van der Waals surface area contributed by atoms with Gasteiger partial charge in [0.2, 0.25) is 5.89 Å². The van der Waals surface area contributed by atoms with E-state index in [9.17, 15) is 4.79 Å². The van der Waals surface area contributed by atoms with Gasteiger partial charge in [-0.2, -0.15) is 10.1 Å². The Labute approximate surface area is 216 Å². The highest BCUT2D eigenvalue weighted by Crippen LogP contribution is 2.29. The first kappa shape index (κ1) is 24.9. The van der Waals surface area contributed by atoms with Crippen LogP contribution in [-0.2, 0) is 12.0 Å². The van der Waals surface area contributed by atoms with E-state index < -0.39 is 0 Å². The zero-order valence-electron chi connectivity index (χ0n) is 22.3. The van der Waals surface area contributed by atoms with Crippen LogP contribution in [0.4, 0.5) is 5.69 Å². The van der Waals surface area contributed by atoms with Crippen molar-refractivity contribution in [1.82, 2.24) is 35.0 Å². The Balaban J connectivity index is 1.33. The number of anilines is 1. The molecule has 0 bridgehead atoms. The van der Waals surface area contributed by atoms with Crippen LogP contribution in [0.25, 0.3) is 16.8 Å². The molecule has 0 saturated carbocycles. The fourth-order valence-electron chi connectivity index (χ4n) is 4.74. The van der Waals surface area contributed by atoms with Gasteiger partial charge in [0.05, 0.1) is 23.1 Å². The normalized spacial score (nSPS) is 16.9. The van der Waals surface area contributed by atoms with E-state index in [0.29, 0.717) is 18.5 Å². The Morgan fingerprint density at radius 2 is 2.03 bits per heavy atom. The SMILES string of the molecule is Cc1cc(-c2ncnn3cc(N4CCN(C)C[C@@H]4C)cc23)ccc1CNC(=O)c1noc(C(C)(C)C)n1. The number of rotatable bonds is 5. The van der Waals surface area contributed by atoms with Gasteiger partial charge in [-0.1, -0.05) is 38.1 Å². The molecular weight excluding hydrogens is 468 g/mol. The minimum Gasteiger partial charge on any atom is -0.365 e. The predicted octanol–water partition coefficient (Wildman–Crippen LogP) is 3.46. The molecule has 0 radical (unpaired) electrons. The Hall–Kier alpha value is -3.79. The molecule has 1 aliphatic rings. The van der Waals surface area contributed by atoms with Gasteiger partial charge in [-0.15, -0.1) is 0 Å². The van der Waals surface area contributed by atoms with Gasteiger partial charge in [0, 0.05) is 43.2 Å². The summed E-state index contributed by atoms with van der Waals surface area (Å²) in [6.07, 6.45) is 3.68. The van der Waals surface area contributed by atoms with Gasteiger partial charge < -0.3 is 19.6 Å². The Morgan fingerprint density at radius 1 is 1.22 bits per heavy atom. The monoisotopic (exact) mass is 502 g/mol. The molecule has 0 unspecified atom stereocenters. The largest absolute Gasteiger partial charge is 0.365 e. The molecule has 0 aliphatic carbocycles. The van der Waals surface area contributed by atoms with E-state index in [2.05, 4.69) is 67.6 Å². The number of piperazine rings is 1. The number of benzene rings is 1. The van der Waals surface area contributed by atoms with Crippen LogP contribution < -0.4 is 10.2 Å². The van der Waals surface area contributed by atoms with Crippen LogP contribution in [-0.4, -0.2) is 68.3 Å². The molecule has 1 aromatic carbocycles. The van der Waals surface area contributed by atoms with Crippen LogP contribution in [0.15, 0.2) is 41.3 Å². The molecule has 3 aromatic heterocycles. The lowest BCUT2D eigenvalue weighted by Crippen LogP contribution is -2.50.